The summed E-state index contributed by atoms with van der Waals surface area (Å²) >= 11 is 5.72. The molecule has 0 radical (unpaired) electrons. The summed E-state index contributed by atoms with van der Waals surface area (Å²) in [5.74, 6) is -1.26. The molecule has 0 amide bonds. The monoisotopic (exact) mass is 292 g/mol. The number of carbonyl (C=O) groups is 1. The molecule has 0 bridgehead atoms. The van der Waals surface area contributed by atoms with Gasteiger partial charge in [-0.25, -0.2) is 13.2 Å². The van der Waals surface area contributed by atoms with E-state index < -0.39 is 15.8 Å². The highest BCUT2D eigenvalue weighted by atomic mass is 35.5. The standard InChI is InChI=1S/C11H13ClO5S/c1-17-5-2-6-18(15,16)8-3-4-9(11(13)14)10(12)7-8/h3-4,7H,2,5-6H2,1H3,(H,13,14). The lowest BCUT2D eigenvalue weighted by atomic mass is 10.2. The number of halogens is 1. The molecule has 18 heavy (non-hydrogen) atoms. The van der Waals surface area contributed by atoms with Crippen LogP contribution in [0.1, 0.15) is 16.8 Å². The van der Waals surface area contributed by atoms with Crippen LogP contribution in [0.5, 0.6) is 0 Å². The fourth-order valence-electron chi connectivity index (χ4n) is 1.37. The van der Waals surface area contributed by atoms with Gasteiger partial charge >= 0.3 is 5.97 Å². The Bertz CT molecular complexity index is 538. The number of methoxy groups -OCH3 is 1. The van der Waals surface area contributed by atoms with Crippen LogP contribution in [-0.2, 0) is 14.6 Å². The van der Waals surface area contributed by atoms with Crippen molar-refractivity contribution in [1.82, 2.24) is 0 Å². The lowest BCUT2D eigenvalue weighted by Crippen LogP contribution is -2.09. The third-order valence-corrected chi connectivity index (χ3v) is 4.40. The molecule has 0 heterocycles. The minimum Gasteiger partial charge on any atom is -0.478 e. The van der Waals surface area contributed by atoms with Crippen LogP contribution in [0.25, 0.3) is 0 Å². The first-order valence-corrected chi connectivity index (χ1v) is 7.16. The number of hydrogen-bond acceptors (Lipinski definition) is 4. The topological polar surface area (TPSA) is 80.7 Å². The molecule has 5 nitrogen and oxygen atoms in total. The molecule has 7 heteroatoms. The summed E-state index contributed by atoms with van der Waals surface area (Å²) in [7, 11) is -1.96. The third-order valence-electron chi connectivity index (χ3n) is 2.29. The molecule has 0 aliphatic carbocycles. The number of carboxylic acids is 1. The van der Waals surface area contributed by atoms with E-state index in [2.05, 4.69) is 0 Å². The highest BCUT2D eigenvalue weighted by molar-refractivity contribution is 7.91. The number of sulfone groups is 1. The van der Waals surface area contributed by atoms with E-state index >= 15 is 0 Å². The summed E-state index contributed by atoms with van der Waals surface area (Å²) in [5.41, 5.74) is -0.118. The van der Waals surface area contributed by atoms with E-state index in [0.29, 0.717) is 13.0 Å². The van der Waals surface area contributed by atoms with Gasteiger partial charge in [0.15, 0.2) is 9.84 Å². The van der Waals surface area contributed by atoms with Crippen molar-refractivity contribution in [3.63, 3.8) is 0 Å². The van der Waals surface area contributed by atoms with Crippen molar-refractivity contribution in [2.45, 2.75) is 11.3 Å². The molecule has 0 atom stereocenters. The maximum atomic E-state index is 11.9. The van der Waals surface area contributed by atoms with Crippen molar-refractivity contribution in [1.29, 1.82) is 0 Å². The Hall–Kier alpha value is -1.11. The van der Waals surface area contributed by atoms with E-state index in [1.807, 2.05) is 0 Å². The average molecular weight is 293 g/mol. The van der Waals surface area contributed by atoms with Gasteiger partial charge < -0.3 is 9.84 Å². The van der Waals surface area contributed by atoms with Crippen molar-refractivity contribution in [2.24, 2.45) is 0 Å². The largest absolute Gasteiger partial charge is 0.478 e. The SMILES string of the molecule is COCCCS(=O)(=O)c1ccc(C(=O)O)c(Cl)c1. The van der Waals surface area contributed by atoms with E-state index in [1.54, 1.807) is 0 Å². The van der Waals surface area contributed by atoms with Crippen LogP contribution in [0.4, 0.5) is 0 Å². The number of rotatable bonds is 6. The summed E-state index contributed by atoms with van der Waals surface area (Å²) in [6, 6.07) is 3.60. The Morgan fingerprint density at radius 2 is 2.11 bits per heavy atom. The Balaban J connectivity index is 2.97. The van der Waals surface area contributed by atoms with Gasteiger partial charge in [0.1, 0.15) is 0 Å². The first-order valence-electron chi connectivity index (χ1n) is 5.13. The molecule has 0 unspecified atom stereocenters. The van der Waals surface area contributed by atoms with E-state index in [-0.39, 0.29) is 21.2 Å². The maximum Gasteiger partial charge on any atom is 0.337 e. The second-order valence-corrected chi connectivity index (χ2v) is 6.13. The van der Waals surface area contributed by atoms with Gasteiger partial charge in [-0.2, -0.15) is 0 Å². The highest BCUT2D eigenvalue weighted by Gasteiger charge is 2.17. The molecule has 1 rings (SSSR count). The normalized spacial score (nSPS) is 11.4. The van der Waals surface area contributed by atoms with Gasteiger partial charge in [0, 0.05) is 13.7 Å². The van der Waals surface area contributed by atoms with Crippen LogP contribution in [0.15, 0.2) is 23.1 Å². The number of ether oxygens (including phenoxy) is 1. The first-order chi connectivity index (χ1) is 8.38. The Labute approximate surface area is 110 Å². The molecule has 0 saturated heterocycles. The Morgan fingerprint density at radius 1 is 1.44 bits per heavy atom. The van der Waals surface area contributed by atoms with Crippen LogP contribution >= 0.6 is 11.6 Å². The van der Waals surface area contributed by atoms with E-state index in [0.717, 1.165) is 6.07 Å². The predicted octanol–water partition coefficient (Wildman–Crippen LogP) is 1.85. The maximum absolute atomic E-state index is 11.9. The molecular formula is C11H13ClO5S. The molecule has 0 aliphatic heterocycles. The number of carboxylic acid groups (broad SMARTS) is 1. The summed E-state index contributed by atoms with van der Waals surface area (Å²) in [5, 5.41) is 8.69. The summed E-state index contributed by atoms with van der Waals surface area (Å²) in [6.07, 6.45) is 0.372. The minimum atomic E-state index is -3.45. The van der Waals surface area contributed by atoms with Crippen molar-refractivity contribution in [3.8, 4) is 0 Å². The van der Waals surface area contributed by atoms with Gasteiger partial charge in [-0.15, -0.1) is 0 Å². The number of hydrogen-bond donors (Lipinski definition) is 1. The summed E-state index contributed by atoms with van der Waals surface area (Å²) in [4.78, 5) is 10.8. The zero-order chi connectivity index (χ0) is 13.8. The average Bonchev–Trinajstić information content (AvgIpc) is 2.28. The van der Waals surface area contributed by atoms with Crippen molar-refractivity contribution in [3.05, 3.63) is 28.8 Å². The molecule has 1 N–H and O–H groups in total. The minimum absolute atomic E-state index is 0.0219. The molecular weight excluding hydrogens is 280 g/mol. The molecule has 1 aromatic carbocycles. The van der Waals surface area contributed by atoms with E-state index in [1.165, 1.54) is 19.2 Å². The van der Waals surface area contributed by atoms with Gasteiger partial charge in [-0.05, 0) is 24.6 Å². The van der Waals surface area contributed by atoms with E-state index in [9.17, 15) is 13.2 Å². The molecule has 100 valence electrons. The molecule has 0 fully saturated rings. The second-order valence-electron chi connectivity index (χ2n) is 3.61. The summed E-state index contributed by atoms with van der Waals surface area (Å²) in [6.45, 7) is 0.347. The van der Waals surface area contributed by atoms with Crippen LogP contribution in [-0.4, -0.2) is 39.0 Å². The third kappa shape index (κ3) is 3.69. The first kappa shape index (κ1) is 14.9. The van der Waals surface area contributed by atoms with Crippen molar-refractivity contribution in [2.75, 3.05) is 19.5 Å². The van der Waals surface area contributed by atoms with Crippen LogP contribution in [0.3, 0.4) is 0 Å². The fraction of sp³-hybridized carbons (Fsp3) is 0.364. The quantitative estimate of drug-likeness (QED) is 0.809. The van der Waals surface area contributed by atoms with Gasteiger partial charge in [-0.1, -0.05) is 11.6 Å². The molecule has 0 aliphatic rings. The second kappa shape index (κ2) is 6.17. The fourth-order valence-corrected chi connectivity index (χ4v) is 3.01. The number of aromatic carboxylic acids is 1. The van der Waals surface area contributed by atoms with Crippen molar-refractivity contribution < 1.29 is 23.1 Å². The highest BCUT2D eigenvalue weighted by Crippen LogP contribution is 2.22. The Morgan fingerprint density at radius 3 is 2.61 bits per heavy atom. The van der Waals surface area contributed by atoms with Crippen LogP contribution in [0, 0.1) is 0 Å². The van der Waals surface area contributed by atoms with Gasteiger partial charge in [0.2, 0.25) is 0 Å². The van der Waals surface area contributed by atoms with Crippen molar-refractivity contribution >= 4 is 27.4 Å². The number of benzene rings is 1. The Kier molecular flexibility index (Phi) is 5.13. The van der Waals surface area contributed by atoms with Crippen LogP contribution in [0.2, 0.25) is 5.02 Å². The smallest absolute Gasteiger partial charge is 0.337 e. The van der Waals surface area contributed by atoms with Gasteiger partial charge in [0.05, 0.1) is 21.2 Å². The van der Waals surface area contributed by atoms with Gasteiger partial charge in [-0.3, -0.25) is 0 Å². The van der Waals surface area contributed by atoms with Gasteiger partial charge in [0.25, 0.3) is 0 Å². The van der Waals surface area contributed by atoms with Crippen LogP contribution < -0.4 is 0 Å². The zero-order valence-corrected chi connectivity index (χ0v) is 11.3. The lowest BCUT2D eigenvalue weighted by Gasteiger charge is -2.06. The predicted molar refractivity (Wildman–Crippen MR) is 67.0 cm³/mol. The molecule has 0 spiro atoms. The zero-order valence-electron chi connectivity index (χ0n) is 9.72. The van der Waals surface area contributed by atoms with E-state index in [4.69, 9.17) is 21.4 Å². The molecule has 0 aromatic heterocycles. The molecule has 1 aromatic rings. The lowest BCUT2D eigenvalue weighted by molar-refractivity contribution is 0.0697. The molecule has 0 saturated carbocycles. The summed E-state index contributed by atoms with van der Waals surface area (Å²) < 4.78 is 28.5.